The molecule has 1 aromatic rings. The molecule has 2 atom stereocenters. The number of hydrogen-bond donors (Lipinski definition) is 1. The number of amides is 2. The first kappa shape index (κ1) is 15.4. The van der Waals surface area contributed by atoms with Crippen molar-refractivity contribution in [2.75, 3.05) is 32.7 Å². The molecule has 0 saturated carbocycles. The van der Waals surface area contributed by atoms with Crippen LogP contribution in [0.1, 0.15) is 18.4 Å². The van der Waals surface area contributed by atoms with Gasteiger partial charge >= 0.3 is 0 Å². The highest BCUT2D eigenvalue weighted by Crippen LogP contribution is 2.29. The zero-order chi connectivity index (χ0) is 16.5. The Morgan fingerprint density at radius 3 is 2.96 bits per heavy atom. The summed E-state index contributed by atoms with van der Waals surface area (Å²) in [5.41, 5.74) is 1.10. The standard InChI is InChI=1S/C18H23N3O3/c22-17-11-19-7-9-21(17)14-5-3-8-20(12-14)18(23)16-10-13-4-1-2-6-15(13)24-16/h1-2,4,6,14,16,19H,3,5,7-12H2. The number of carbonyl (C=O) groups is 2. The predicted molar refractivity (Wildman–Crippen MR) is 88.7 cm³/mol. The average molecular weight is 329 g/mol. The van der Waals surface area contributed by atoms with Crippen LogP contribution in [0.5, 0.6) is 5.75 Å². The summed E-state index contributed by atoms with van der Waals surface area (Å²) >= 11 is 0. The van der Waals surface area contributed by atoms with Gasteiger partial charge in [-0.2, -0.15) is 0 Å². The van der Waals surface area contributed by atoms with Gasteiger partial charge in [-0.25, -0.2) is 0 Å². The molecule has 2 amide bonds. The first-order valence-electron chi connectivity index (χ1n) is 8.76. The topological polar surface area (TPSA) is 61.9 Å². The minimum absolute atomic E-state index is 0.0542. The van der Waals surface area contributed by atoms with Crippen LogP contribution in [0.25, 0.3) is 0 Å². The van der Waals surface area contributed by atoms with Crippen LogP contribution in [0, 0.1) is 0 Å². The van der Waals surface area contributed by atoms with Crippen molar-refractivity contribution in [2.45, 2.75) is 31.4 Å². The van der Waals surface area contributed by atoms with Gasteiger partial charge in [-0.1, -0.05) is 18.2 Å². The van der Waals surface area contributed by atoms with Gasteiger partial charge in [0.2, 0.25) is 5.91 Å². The molecule has 2 saturated heterocycles. The quantitative estimate of drug-likeness (QED) is 0.854. The SMILES string of the molecule is O=C(C1Cc2ccccc2O1)N1CCCC(N2CCNCC2=O)C1. The van der Waals surface area contributed by atoms with Crippen molar-refractivity contribution in [3.05, 3.63) is 29.8 Å². The third-order valence-corrected chi connectivity index (χ3v) is 5.20. The van der Waals surface area contributed by atoms with Gasteiger partial charge in [0, 0.05) is 38.6 Å². The van der Waals surface area contributed by atoms with E-state index in [1.165, 1.54) is 0 Å². The Kier molecular flexibility index (Phi) is 4.14. The number of likely N-dealkylation sites (tertiary alicyclic amines) is 1. The molecule has 6 nitrogen and oxygen atoms in total. The van der Waals surface area contributed by atoms with Crippen molar-refractivity contribution in [3.63, 3.8) is 0 Å². The minimum atomic E-state index is -0.417. The zero-order valence-corrected chi connectivity index (χ0v) is 13.7. The molecule has 0 aromatic heterocycles. The van der Waals surface area contributed by atoms with E-state index in [0.717, 1.165) is 43.8 Å². The third-order valence-electron chi connectivity index (χ3n) is 5.20. The molecule has 2 unspecified atom stereocenters. The van der Waals surface area contributed by atoms with Gasteiger partial charge in [0.15, 0.2) is 6.10 Å². The number of ether oxygens (including phenoxy) is 1. The number of carbonyl (C=O) groups excluding carboxylic acids is 2. The van der Waals surface area contributed by atoms with Crippen molar-refractivity contribution in [1.82, 2.24) is 15.1 Å². The van der Waals surface area contributed by atoms with Crippen LogP contribution < -0.4 is 10.1 Å². The van der Waals surface area contributed by atoms with Crippen molar-refractivity contribution >= 4 is 11.8 Å². The van der Waals surface area contributed by atoms with Crippen LogP contribution in [0.2, 0.25) is 0 Å². The summed E-state index contributed by atoms with van der Waals surface area (Å²) in [7, 11) is 0. The maximum atomic E-state index is 12.9. The summed E-state index contributed by atoms with van der Waals surface area (Å²) in [5.74, 6) is 1.02. The van der Waals surface area contributed by atoms with Crippen molar-refractivity contribution in [2.24, 2.45) is 0 Å². The first-order chi connectivity index (χ1) is 11.7. The highest BCUT2D eigenvalue weighted by molar-refractivity contribution is 5.83. The first-order valence-corrected chi connectivity index (χ1v) is 8.76. The Morgan fingerprint density at radius 2 is 2.12 bits per heavy atom. The second-order valence-electron chi connectivity index (χ2n) is 6.76. The molecular weight excluding hydrogens is 306 g/mol. The molecule has 3 heterocycles. The maximum Gasteiger partial charge on any atom is 0.264 e. The molecule has 128 valence electrons. The Hall–Kier alpha value is -2.08. The Morgan fingerprint density at radius 1 is 1.25 bits per heavy atom. The predicted octanol–water partition coefficient (Wildman–Crippen LogP) is 0.413. The van der Waals surface area contributed by atoms with Crippen LogP contribution in [0.15, 0.2) is 24.3 Å². The molecule has 0 radical (unpaired) electrons. The Balaban J connectivity index is 1.41. The van der Waals surface area contributed by atoms with E-state index in [1.807, 2.05) is 34.1 Å². The number of nitrogens with one attached hydrogen (secondary N) is 1. The van der Waals surface area contributed by atoms with Crippen LogP contribution in [-0.4, -0.2) is 66.5 Å². The summed E-state index contributed by atoms with van der Waals surface area (Å²) in [4.78, 5) is 28.8. The fourth-order valence-electron chi connectivity index (χ4n) is 3.94. The molecule has 24 heavy (non-hydrogen) atoms. The molecular formula is C18H23N3O3. The van der Waals surface area contributed by atoms with Gasteiger partial charge in [-0.15, -0.1) is 0 Å². The largest absolute Gasteiger partial charge is 0.480 e. The van der Waals surface area contributed by atoms with Gasteiger partial charge in [0.1, 0.15) is 5.75 Å². The molecule has 1 aromatic carbocycles. The summed E-state index contributed by atoms with van der Waals surface area (Å²) < 4.78 is 5.84. The molecule has 0 aliphatic carbocycles. The van der Waals surface area contributed by atoms with E-state index < -0.39 is 6.10 Å². The van der Waals surface area contributed by atoms with E-state index in [0.29, 0.717) is 19.5 Å². The van der Waals surface area contributed by atoms with E-state index in [4.69, 9.17) is 4.74 Å². The molecule has 3 aliphatic rings. The minimum Gasteiger partial charge on any atom is -0.480 e. The highest BCUT2D eigenvalue weighted by atomic mass is 16.5. The second kappa shape index (κ2) is 6.43. The zero-order valence-electron chi connectivity index (χ0n) is 13.7. The van der Waals surface area contributed by atoms with Crippen LogP contribution in [0.4, 0.5) is 0 Å². The van der Waals surface area contributed by atoms with E-state index in [2.05, 4.69) is 5.32 Å². The monoisotopic (exact) mass is 329 g/mol. The lowest BCUT2D eigenvalue weighted by Crippen LogP contribution is -2.58. The smallest absolute Gasteiger partial charge is 0.264 e. The lowest BCUT2D eigenvalue weighted by molar-refractivity contribution is -0.144. The average Bonchev–Trinajstić information content (AvgIpc) is 3.06. The molecule has 3 aliphatic heterocycles. The molecule has 4 rings (SSSR count). The summed E-state index contributed by atoms with van der Waals surface area (Å²) in [5, 5.41) is 3.10. The number of hydrogen-bond acceptors (Lipinski definition) is 4. The lowest BCUT2D eigenvalue weighted by atomic mass is 10.0. The molecule has 1 N–H and O–H groups in total. The van der Waals surface area contributed by atoms with Gasteiger partial charge in [-0.05, 0) is 24.5 Å². The number of para-hydroxylation sites is 1. The van der Waals surface area contributed by atoms with E-state index in [1.54, 1.807) is 0 Å². The molecule has 0 spiro atoms. The molecule has 2 fully saturated rings. The summed E-state index contributed by atoms with van der Waals surface area (Å²) in [6, 6.07) is 7.98. The normalized spacial score (nSPS) is 26.9. The van der Waals surface area contributed by atoms with Gasteiger partial charge in [0.25, 0.3) is 5.91 Å². The number of nitrogens with zero attached hydrogens (tertiary/aromatic N) is 2. The van der Waals surface area contributed by atoms with Gasteiger partial charge < -0.3 is 19.9 Å². The van der Waals surface area contributed by atoms with Gasteiger partial charge in [-0.3, -0.25) is 9.59 Å². The van der Waals surface area contributed by atoms with Gasteiger partial charge in [0.05, 0.1) is 6.54 Å². The number of rotatable bonds is 2. The fraction of sp³-hybridized carbons (Fsp3) is 0.556. The molecule has 0 bridgehead atoms. The number of benzene rings is 1. The fourth-order valence-corrected chi connectivity index (χ4v) is 3.94. The lowest BCUT2D eigenvalue weighted by Gasteiger charge is -2.41. The van der Waals surface area contributed by atoms with Crippen molar-refractivity contribution in [1.29, 1.82) is 0 Å². The highest BCUT2D eigenvalue weighted by Gasteiger charge is 2.36. The summed E-state index contributed by atoms with van der Waals surface area (Å²) in [6.07, 6.45) is 2.14. The maximum absolute atomic E-state index is 12.9. The Bertz CT molecular complexity index is 623. The third kappa shape index (κ3) is 2.86. The van der Waals surface area contributed by atoms with Crippen molar-refractivity contribution < 1.29 is 14.3 Å². The van der Waals surface area contributed by atoms with E-state index in [-0.39, 0.29) is 17.9 Å². The molecule has 6 heteroatoms. The second-order valence-corrected chi connectivity index (χ2v) is 6.76. The van der Waals surface area contributed by atoms with E-state index in [9.17, 15) is 9.59 Å². The summed E-state index contributed by atoms with van der Waals surface area (Å²) in [6.45, 7) is 3.35. The van der Waals surface area contributed by atoms with Crippen molar-refractivity contribution in [3.8, 4) is 5.75 Å². The number of piperazine rings is 1. The van der Waals surface area contributed by atoms with Crippen LogP contribution in [0.3, 0.4) is 0 Å². The van der Waals surface area contributed by atoms with Crippen LogP contribution in [-0.2, 0) is 16.0 Å². The number of piperidine rings is 1. The van der Waals surface area contributed by atoms with E-state index >= 15 is 0 Å². The van der Waals surface area contributed by atoms with Crippen LogP contribution >= 0.6 is 0 Å². The number of fused-ring (bicyclic) bond motifs is 1. The Labute approximate surface area is 141 Å².